The summed E-state index contributed by atoms with van der Waals surface area (Å²) in [5, 5.41) is 0.235. The Labute approximate surface area is 108 Å². The lowest BCUT2D eigenvalue weighted by atomic mass is 10.3. The normalized spacial score (nSPS) is 11.6. The van der Waals surface area contributed by atoms with Crippen LogP contribution in [0.2, 0.25) is 5.15 Å². The van der Waals surface area contributed by atoms with E-state index in [2.05, 4.69) is 9.97 Å². The molecule has 102 valence electrons. The third-order valence-electron chi connectivity index (χ3n) is 2.05. The summed E-state index contributed by atoms with van der Waals surface area (Å²) in [7, 11) is 0. The van der Waals surface area contributed by atoms with Gasteiger partial charge in [0.1, 0.15) is 11.0 Å². The van der Waals surface area contributed by atoms with Crippen LogP contribution in [-0.4, -0.2) is 22.8 Å². The maximum Gasteiger partial charge on any atom is 0.389 e. The highest BCUT2D eigenvalue weighted by Gasteiger charge is 2.26. The second-order valence-electron chi connectivity index (χ2n) is 3.76. The van der Waals surface area contributed by atoms with Crippen LogP contribution in [-0.2, 0) is 6.42 Å². The minimum atomic E-state index is -4.15. The molecule has 0 unspecified atom stereocenters. The van der Waals surface area contributed by atoms with Gasteiger partial charge in [0.05, 0.1) is 6.61 Å². The smallest absolute Gasteiger partial charge is 0.389 e. The SMILES string of the molecule is CCCc1nc(Cl)cc(OCCCC(F)(F)F)n1. The van der Waals surface area contributed by atoms with Crippen molar-refractivity contribution in [3.8, 4) is 5.88 Å². The number of rotatable bonds is 6. The second-order valence-corrected chi connectivity index (χ2v) is 4.15. The van der Waals surface area contributed by atoms with E-state index in [1.165, 1.54) is 6.07 Å². The topological polar surface area (TPSA) is 35.0 Å². The number of aromatic nitrogens is 2. The highest BCUT2D eigenvalue weighted by molar-refractivity contribution is 6.29. The van der Waals surface area contributed by atoms with Crippen LogP contribution in [0.1, 0.15) is 32.0 Å². The third kappa shape index (κ3) is 6.05. The first-order valence-corrected chi connectivity index (χ1v) is 6.01. The van der Waals surface area contributed by atoms with Crippen molar-refractivity contribution >= 4 is 11.6 Å². The van der Waals surface area contributed by atoms with Crippen molar-refractivity contribution < 1.29 is 17.9 Å². The maximum atomic E-state index is 11.9. The summed E-state index contributed by atoms with van der Waals surface area (Å²) in [5.74, 6) is 0.761. The van der Waals surface area contributed by atoms with Gasteiger partial charge in [0.25, 0.3) is 0 Å². The van der Waals surface area contributed by atoms with E-state index in [0.717, 1.165) is 6.42 Å². The first-order chi connectivity index (χ1) is 8.40. The van der Waals surface area contributed by atoms with Crippen LogP contribution in [0.4, 0.5) is 13.2 Å². The van der Waals surface area contributed by atoms with Crippen molar-refractivity contribution in [2.24, 2.45) is 0 Å². The highest BCUT2D eigenvalue weighted by atomic mass is 35.5. The summed E-state index contributed by atoms with van der Waals surface area (Å²) >= 11 is 5.76. The Kier molecular flexibility index (Phi) is 5.65. The number of nitrogens with zero attached hydrogens (tertiary/aromatic N) is 2. The van der Waals surface area contributed by atoms with E-state index >= 15 is 0 Å². The zero-order chi connectivity index (χ0) is 13.6. The van der Waals surface area contributed by atoms with Gasteiger partial charge in [-0.15, -0.1) is 0 Å². The summed E-state index contributed by atoms with van der Waals surface area (Å²) in [6, 6.07) is 1.40. The summed E-state index contributed by atoms with van der Waals surface area (Å²) in [5.41, 5.74) is 0. The molecule has 0 aromatic carbocycles. The fraction of sp³-hybridized carbons (Fsp3) is 0.636. The molecule has 0 aliphatic heterocycles. The monoisotopic (exact) mass is 282 g/mol. The Morgan fingerprint density at radius 1 is 1.33 bits per heavy atom. The first-order valence-electron chi connectivity index (χ1n) is 5.63. The number of halogens is 4. The molecule has 0 fully saturated rings. The van der Waals surface area contributed by atoms with E-state index in [1.807, 2.05) is 6.92 Å². The summed E-state index contributed by atoms with van der Waals surface area (Å²) < 4.78 is 40.9. The Morgan fingerprint density at radius 3 is 2.67 bits per heavy atom. The van der Waals surface area contributed by atoms with Gasteiger partial charge in [-0.2, -0.15) is 18.2 Å². The fourth-order valence-corrected chi connectivity index (χ4v) is 1.49. The summed E-state index contributed by atoms with van der Waals surface area (Å²) in [6.07, 6.45) is -3.62. The second kappa shape index (κ2) is 6.78. The van der Waals surface area contributed by atoms with Crippen molar-refractivity contribution in [1.82, 2.24) is 9.97 Å². The molecule has 0 radical (unpaired) electrons. The quantitative estimate of drug-likeness (QED) is 0.588. The molecular weight excluding hydrogens is 269 g/mol. The molecule has 0 aliphatic carbocycles. The van der Waals surface area contributed by atoms with Gasteiger partial charge in [0.2, 0.25) is 5.88 Å². The first kappa shape index (κ1) is 15.0. The van der Waals surface area contributed by atoms with Crippen LogP contribution in [0.25, 0.3) is 0 Å². The molecule has 18 heavy (non-hydrogen) atoms. The van der Waals surface area contributed by atoms with E-state index < -0.39 is 12.6 Å². The van der Waals surface area contributed by atoms with E-state index in [4.69, 9.17) is 16.3 Å². The highest BCUT2D eigenvalue weighted by Crippen LogP contribution is 2.21. The lowest BCUT2D eigenvalue weighted by Gasteiger charge is -2.08. The zero-order valence-corrected chi connectivity index (χ0v) is 10.7. The third-order valence-corrected chi connectivity index (χ3v) is 2.24. The van der Waals surface area contributed by atoms with Crippen LogP contribution < -0.4 is 4.74 Å². The molecule has 0 amide bonds. The predicted octanol–water partition coefficient (Wildman–Crippen LogP) is 3.80. The molecule has 0 aliphatic rings. The van der Waals surface area contributed by atoms with Gasteiger partial charge in [-0.1, -0.05) is 18.5 Å². The van der Waals surface area contributed by atoms with Crippen LogP contribution in [0, 0.1) is 0 Å². The summed E-state index contributed by atoms with van der Waals surface area (Å²) in [4.78, 5) is 8.04. The van der Waals surface area contributed by atoms with Crippen molar-refractivity contribution in [3.05, 3.63) is 17.0 Å². The number of alkyl halides is 3. The fourth-order valence-electron chi connectivity index (χ4n) is 1.30. The molecule has 1 aromatic heterocycles. The molecule has 0 bridgehead atoms. The number of ether oxygens (including phenoxy) is 1. The minimum Gasteiger partial charge on any atom is -0.478 e. The average molecular weight is 283 g/mol. The number of hydrogen-bond donors (Lipinski definition) is 0. The summed E-state index contributed by atoms with van der Waals surface area (Å²) in [6.45, 7) is 1.92. The van der Waals surface area contributed by atoms with E-state index in [-0.39, 0.29) is 24.1 Å². The molecule has 1 aromatic rings. The molecule has 1 heterocycles. The lowest BCUT2D eigenvalue weighted by molar-refractivity contribution is -0.136. The van der Waals surface area contributed by atoms with E-state index in [9.17, 15) is 13.2 Å². The van der Waals surface area contributed by atoms with Gasteiger partial charge in [0, 0.05) is 18.9 Å². The molecular formula is C11H14ClF3N2O. The molecule has 0 saturated carbocycles. The number of aryl methyl sites for hydroxylation is 1. The molecule has 0 atom stereocenters. The van der Waals surface area contributed by atoms with E-state index in [1.54, 1.807) is 0 Å². The van der Waals surface area contributed by atoms with Gasteiger partial charge in [-0.05, 0) is 12.8 Å². The lowest BCUT2D eigenvalue weighted by Crippen LogP contribution is -2.10. The molecule has 0 N–H and O–H groups in total. The average Bonchev–Trinajstić information content (AvgIpc) is 2.23. The van der Waals surface area contributed by atoms with Gasteiger partial charge >= 0.3 is 6.18 Å². The molecule has 7 heteroatoms. The standard InChI is InChI=1S/C11H14ClF3N2O/c1-2-4-9-16-8(12)7-10(17-9)18-6-3-5-11(13,14)15/h7H,2-6H2,1H3. The Balaban J connectivity index is 2.46. The predicted molar refractivity (Wildman–Crippen MR) is 61.8 cm³/mol. The van der Waals surface area contributed by atoms with Crippen molar-refractivity contribution in [2.75, 3.05) is 6.61 Å². The minimum absolute atomic E-state index is 0.0432. The van der Waals surface area contributed by atoms with E-state index in [0.29, 0.717) is 12.2 Å². The zero-order valence-electron chi connectivity index (χ0n) is 9.93. The van der Waals surface area contributed by atoms with Gasteiger partial charge < -0.3 is 4.74 Å². The number of hydrogen-bond acceptors (Lipinski definition) is 3. The van der Waals surface area contributed by atoms with Gasteiger partial charge in [0.15, 0.2) is 0 Å². The molecule has 3 nitrogen and oxygen atoms in total. The van der Waals surface area contributed by atoms with Crippen LogP contribution in [0.3, 0.4) is 0 Å². The Morgan fingerprint density at radius 2 is 2.06 bits per heavy atom. The largest absolute Gasteiger partial charge is 0.478 e. The Bertz CT molecular complexity index is 385. The van der Waals surface area contributed by atoms with Crippen LogP contribution in [0.15, 0.2) is 6.07 Å². The van der Waals surface area contributed by atoms with Crippen molar-refractivity contribution in [3.63, 3.8) is 0 Å². The van der Waals surface area contributed by atoms with Gasteiger partial charge in [-0.3, -0.25) is 0 Å². The molecule has 0 spiro atoms. The van der Waals surface area contributed by atoms with Crippen LogP contribution in [0.5, 0.6) is 5.88 Å². The van der Waals surface area contributed by atoms with Crippen LogP contribution >= 0.6 is 11.6 Å². The van der Waals surface area contributed by atoms with Gasteiger partial charge in [-0.25, -0.2) is 4.98 Å². The van der Waals surface area contributed by atoms with Crippen molar-refractivity contribution in [1.29, 1.82) is 0 Å². The molecule has 0 saturated heterocycles. The Hall–Kier alpha value is -1.04. The maximum absolute atomic E-state index is 11.9. The van der Waals surface area contributed by atoms with Crippen molar-refractivity contribution in [2.45, 2.75) is 38.8 Å². The molecule has 1 rings (SSSR count).